The number of esters is 1. The van der Waals surface area contributed by atoms with Gasteiger partial charge >= 0.3 is 5.97 Å². The third kappa shape index (κ3) is 5.53. The van der Waals surface area contributed by atoms with Crippen molar-refractivity contribution in [3.05, 3.63) is 86.7 Å². The van der Waals surface area contributed by atoms with E-state index in [0.29, 0.717) is 43.7 Å². The fourth-order valence-corrected chi connectivity index (χ4v) is 4.34. The largest absolute Gasteiger partial charge is 0.492 e. The van der Waals surface area contributed by atoms with Gasteiger partial charge in [0.05, 0.1) is 18.3 Å². The lowest BCUT2D eigenvalue weighted by molar-refractivity contribution is 0.0455. The van der Waals surface area contributed by atoms with Gasteiger partial charge in [-0.3, -0.25) is 9.36 Å². The van der Waals surface area contributed by atoms with Gasteiger partial charge in [-0.15, -0.1) is 11.3 Å². The first-order valence-corrected chi connectivity index (χ1v) is 11.4. The molecule has 4 aromatic rings. The molecule has 0 aliphatic rings. The normalized spacial score (nSPS) is 10.8. The fourth-order valence-electron chi connectivity index (χ4n) is 3.18. The zero-order valence-corrected chi connectivity index (χ0v) is 19.4. The second-order valence-corrected chi connectivity index (χ2v) is 8.51. The van der Waals surface area contributed by atoms with Gasteiger partial charge in [-0.05, 0) is 48.9 Å². The van der Waals surface area contributed by atoms with Crippen LogP contribution in [0.1, 0.15) is 15.2 Å². The standard InChI is InChI=1S/C24H21ClN2O5S/c1-16-20-22(33-21(16)24(29)32-14-13-31-18-5-3-2-4-6-18)26-15-27(23(20)28)11-12-30-19-9-7-17(25)8-10-19/h2-10,15H,11-14H2,1H3. The molecule has 0 aliphatic carbocycles. The van der Waals surface area contributed by atoms with E-state index < -0.39 is 5.97 Å². The Morgan fingerprint density at radius 1 is 1.00 bits per heavy atom. The molecule has 4 rings (SSSR count). The molecule has 2 aromatic heterocycles. The molecular weight excluding hydrogens is 464 g/mol. The van der Waals surface area contributed by atoms with Gasteiger partial charge in [0.15, 0.2) is 0 Å². The summed E-state index contributed by atoms with van der Waals surface area (Å²) in [5, 5.41) is 1.04. The Morgan fingerprint density at radius 2 is 1.70 bits per heavy atom. The lowest BCUT2D eigenvalue weighted by atomic mass is 10.2. The van der Waals surface area contributed by atoms with Crippen molar-refractivity contribution >= 4 is 39.1 Å². The Kier molecular flexibility index (Phi) is 7.26. The summed E-state index contributed by atoms with van der Waals surface area (Å²) in [7, 11) is 0. The molecule has 0 unspecified atom stereocenters. The number of thiophene rings is 1. The van der Waals surface area contributed by atoms with Gasteiger partial charge in [-0.1, -0.05) is 29.8 Å². The third-order valence-electron chi connectivity index (χ3n) is 4.85. The van der Waals surface area contributed by atoms with Crippen molar-refractivity contribution in [1.29, 1.82) is 0 Å². The first-order valence-electron chi connectivity index (χ1n) is 10.2. The van der Waals surface area contributed by atoms with Crippen LogP contribution in [0.5, 0.6) is 11.5 Å². The Morgan fingerprint density at radius 3 is 2.45 bits per heavy atom. The summed E-state index contributed by atoms with van der Waals surface area (Å²) in [5.41, 5.74) is 0.342. The van der Waals surface area contributed by atoms with Gasteiger partial charge < -0.3 is 14.2 Å². The summed E-state index contributed by atoms with van der Waals surface area (Å²) >= 11 is 7.02. The SMILES string of the molecule is Cc1c(C(=O)OCCOc2ccccc2)sc2ncn(CCOc3ccc(Cl)cc3)c(=O)c12. The highest BCUT2D eigenvalue weighted by molar-refractivity contribution is 7.20. The van der Waals surface area contributed by atoms with E-state index in [4.69, 9.17) is 25.8 Å². The topological polar surface area (TPSA) is 79.7 Å². The molecule has 0 spiro atoms. The van der Waals surface area contributed by atoms with E-state index in [9.17, 15) is 9.59 Å². The summed E-state index contributed by atoms with van der Waals surface area (Å²) in [6.07, 6.45) is 1.47. The number of aromatic nitrogens is 2. The van der Waals surface area contributed by atoms with Crippen molar-refractivity contribution in [2.24, 2.45) is 0 Å². The molecular formula is C24H21ClN2O5S. The first-order chi connectivity index (χ1) is 16.0. The van der Waals surface area contributed by atoms with E-state index in [0.717, 1.165) is 11.3 Å². The quantitative estimate of drug-likeness (QED) is 0.252. The Balaban J connectivity index is 1.39. The van der Waals surface area contributed by atoms with Gasteiger partial charge in [0.25, 0.3) is 5.56 Å². The number of aryl methyl sites for hydroxylation is 1. The van der Waals surface area contributed by atoms with Crippen LogP contribution in [0.2, 0.25) is 5.02 Å². The zero-order chi connectivity index (χ0) is 23.2. The van der Waals surface area contributed by atoms with E-state index in [1.54, 1.807) is 31.2 Å². The molecule has 2 heterocycles. The van der Waals surface area contributed by atoms with Crippen molar-refractivity contribution in [3.8, 4) is 11.5 Å². The minimum Gasteiger partial charge on any atom is -0.492 e. The molecule has 9 heteroatoms. The number of benzene rings is 2. The number of carbonyl (C=O) groups excluding carboxylic acids is 1. The number of hydrogen-bond acceptors (Lipinski definition) is 7. The number of carbonyl (C=O) groups is 1. The molecule has 0 atom stereocenters. The van der Waals surface area contributed by atoms with Crippen LogP contribution >= 0.6 is 22.9 Å². The first kappa shape index (κ1) is 22.8. The molecule has 2 aromatic carbocycles. The molecule has 7 nitrogen and oxygen atoms in total. The average molecular weight is 485 g/mol. The summed E-state index contributed by atoms with van der Waals surface area (Å²) in [5.74, 6) is 0.870. The molecule has 0 N–H and O–H groups in total. The minimum atomic E-state index is -0.496. The van der Waals surface area contributed by atoms with Crippen LogP contribution in [0.4, 0.5) is 0 Å². The second kappa shape index (κ2) is 10.5. The van der Waals surface area contributed by atoms with Crippen molar-refractivity contribution in [2.75, 3.05) is 19.8 Å². The third-order valence-corrected chi connectivity index (χ3v) is 6.28. The van der Waals surface area contributed by atoms with E-state index in [-0.39, 0.29) is 25.4 Å². The maximum absolute atomic E-state index is 13.0. The number of nitrogens with zero attached hydrogens (tertiary/aromatic N) is 2. The number of hydrogen-bond donors (Lipinski definition) is 0. The predicted octanol–water partition coefficient (Wildman–Crippen LogP) is 4.73. The molecule has 0 saturated heterocycles. The minimum absolute atomic E-state index is 0.0983. The summed E-state index contributed by atoms with van der Waals surface area (Å²) in [6.45, 7) is 2.66. The van der Waals surface area contributed by atoms with Crippen molar-refractivity contribution in [2.45, 2.75) is 13.5 Å². The molecule has 0 radical (unpaired) electrons. The summed E-state index contributed by atoms with van der Waals surface area (Å²) < 4.78 is 18.0. The highest BCUT2D eigenvalue weighted by atomic mass is 35.5. The number of ether oxygens (including phenoxy) is 3. The number of halogens is 1. The molecule has 0 aliphatic heterocycles. The van der Waals surface area contributed by atoms with E-state index in [1.165, 1.54) is 10.9 Å². The van der Waals surface area contributed by atoms with Crippen molar-refractivity contribution in [3.63, 3.8) is 0 Å². The highest BCUT2D eigenvalue weighted by Gasteiger charge is 2.20. The van der Waals surface area contributed by atoms with Gasteiger partial charge in [-0.2, -0.15) is 0 Å². The number of rotatable bonds is 9. The van der Waals surface area contributed by atoms with Gasteiger partial charge in [0.2, 0.25) is 0 Å². The van der Waals surface area contributed by atoms with E-state index in [2.05, 4.69) is 4.98 Å². The lowest BCUT2D eigenvalue weighted by Crippen LogP contribution is -2.23. The molecule has 0 saturated carbocycles. The molecule has 0 fully saturated rings. The monoisotopic (exact) mass is 484 g/mol. The predicted molar refractivity (Wildman–Crippen MR) is 128 cm³/mol. The maximum Gasteiger partial charge on any atom is 0.348 e. The van der Waals surface area contributed by atoms with Crippen LogP contribution in [-0.4, -0.2) is 35.3 Å². The summed E-state index contributed by atoms with van der Waals surface area (Å²) in [4.78, 5) is 30.8. The van der Waals surface area contributed by atoms with Crippen LogP contribution in [0.3, 0.4) is 0 Å². The number of fused-ring (bicyclic) bond motifs is 1. The van der Waals surface area contributed by atoms with Crippen molar-refractivity contribution in [1.82, 2.24) is 9.55 Å². The van der Waals surface area contributed by atoms with Crippen LogP contribution < -0.4 is 15.0 Å². The second-order valence-electron chi connectivity index (χ2n) is 7.08. The van der Waals surface area contributed by atoms with Crippen molar-refractivity contribution < 1.29 is 19.0 Å². The van der Waals surface area contributed by atoms with Crippen LogP contribution in [0.25, 0.3) is 10.2 Å². The molecule has 33 heavy (non-hydrogen) atoms. The van der Waals surface area contributed by atoms with Crippen LogP contribution in [-0.2, 0) is 11.3 Å². The van der Waals surface area contributed by atoms with Gasteiger partial charge in [0, 0.05) is 5.02 Å². The zero-order valence-electron chi connectivity index (χ0n) is 17.8. The van der Waals surface area contributed by atoms with Crippen LogP contribution in [0.15, 0.2) is 65.7 Å². The van der Waals surface area contributed by atoms with Gasteiger partial charge in [0.1, 0.15) is 41.0 Å². The average Bonchev–Trinajstić information content (AvgIpc) is 3.17. The fraction of sp³-hybridized carbons (Fsp3) is 0.208. The smallest absolute Gasteiger partial charge is 0.348 e. The Hall–Kier alpha value is -3.36. The highest BCUT2D eigenvalue weighted by Crippen LogP contribution is 2.27. The van der Waals surface area contributed by atoms with Gasteiger partial charge in [-0.25, -0.2) is 9.78 Å². The maximum atomic E-state index is 13.0. The van der Waals surface area contributed by atoms with E-state index >= 15 is 0 Å². The number of para-hydroxylation sites is 1. The molecule has 0 amide bonds. The lowest BCUT2D eigenvalue weighted by Gasteiger charge is -2.08. The Labute approximate surface area is 199 Å². The summed E-state index contributed by atoms with van der Waals surface area (Å²) in [6, 6.07) is 16.3. The Bertz CT molecular complexity index is 1300. The van der Waals surface area contributed by atoms with E-state index in [1.807, 2.05) is 30.3 Å². The molecule has 0 bridgehead atoms. The van der Waals surface area contributed by atoms with Crippen LogP contribution in [0, 0.1) is 6.92 Å². The molecule has 170 valence electrons.